The molecule has 1 saturated heterocycles. The number of benzene rings is 2. The maximum Gasteiger partial charge on any atom is 0.174 e. The second-order valence-corrected chi connectivity index (χ2v) is 9.22. The number of nitrogens with zero attached hydrogens (tertiary/aromatic N) is 1. The molecule has 2 bridgehead atoms. The molecule has 1 spiro atoms. The van der Waals surface area contributed by atoms with Gasteiger partial charge in [0.25, 0.3) is 0 Å². The fourth-order valence-corrected chi connectivity index (χ4v) is 6.99. The number of hydrogen-bond acceptors (Lipinski definition) is 5. The van der Waals surface area contributed by atoms with E-state index in [0.29, 0.717) is 18.6 Å². The molecule has 30 heavy (non-hydrogen) atoms. The lowest BCUT2D eigenvalue weighted by molar-refractivity contribution is -0.201. The van der Waals surface area contributed by atoms with Crippen molar-refractivity contribution in [3.8, 4) is 11.5 Å². The van der Waals surface area contributed by atoms with E-state index in [1.807, 2.05) is 6.07 Å². The Kier molecular flexibility index (Phi) is 3.87. The van der Waals surface area contributed by atoms with Gasteiger partial charge in [-0.2, -0.15) is 0 Å². The molecule has 2 aromatic carbocycles. The summed E-state index contributed by atoms with van der Waals surface area (Å²) in [5.41, 5.74) is 2.62. The number of ketones is 1. The summed E-state index contributed by atoms with van der Waals surface area (Å²) in [6.45, 7) is 1.87. The number of phenols is 1. The van der Waals surface area contributed by atoms with Gasteiger partial charge in [-0.1, -0.05) is 36.4 Å². The van der Waals surface area contributed by atoms with E-state index in [1.54, 1.807) is 13.2 Å². The van der Waals surface area contributed by atoms with E-state index in [0.717, 1.165) is 37.9 Å². The van der Waals surface area contributed by atoms with Gasteiger partial charge < -0.3 is 14.6 Å². The van der Waals surface area contributed by atoms with Crippen LogP contribution in [0.3, 0.4) is 0 Å². The molecule has 0 radical (unpaired) electrons. The zero-order valence-electron chi connectivity index (χ0n) is 17.3. The third-order valence-electron chi connectivity index (χ3n) is 8.22. The molecule has 2 aliphatic heterocycles. The van der Waals surface area contributed by atoms with Crippen molar-refractivity contribution in [3.63, 3.8) is 0 Å². The first-order valence-electron chi connectivity index (χ1n) is 11.0. The topological polar surface area (TPSA) is 59.0 Å². The summed E-state index contributed by atoms with van der Waals surface area (Å²) in [6, 6.07) is 14.5. The maximum absolute atomic E-state index is 13.0. The number of piperidine rings is 1. The van der Waals surface area contributed by atoms with E-state index in [9.17, 15) is 9.90 Å². The molecule has 0 amide bonds. The Morgan fingerprint density at radius 1 is 1.20 bits per heavy atom. The zero-order chi connectivity index (χ0) is 20.5. The van der Waals surface area contributed by atoms with Crippen LogP contribution in [-0.4, -0.2) is 53.7 Å². The minimum atomic E-state index is -0.549. The second-order valence-electron chi connectivity index (χ2n) is 9.22. The number of methoxy groups -OCH3 is 1. The van der Waals surface area contributed by atoms with Crippen LogP contribution in [0.25, 0.3) is 0 Å². The molecule has 5 nitrogen and oxygen atoms in total. The van der Waals surface area contributed by atoms with Crippen LogP contribution >= 0.6 is 0 Å². The molecular formula is C25H27NO4. The van der Waals surface area contributed by atoms with Crippen LogP contribution in [0.15, 0.2) is 42.5 Å². The highest BCUT2D eigenvalue weighted by molar-refractivity contribution is 5.90. The van der Waals surface area contributed by atoms with Gasteiger partial charge in [-0.3, -0.25) is 9.69 Å². The lowest BCUT2D eigenvalue weighted by Crippen LogP contribution is -2.77. The quantitative estimate of drug-likeness (QED) is 0.847. The third-order valence-corrected chi connectivity index (χ3v) is 8.22. The highest BCUT2D eigenvalue weighted by Crippen LogP contribution is 2.65. The monoisotopic (exact) mass is 405 g/mol. The van der Waals surface area contributed by atoms with E-state index in [4.69, 9.17) is 9.47 Å². The van der Waals surface area contributed by atoms with Crippen LogP contribution in [0, 0.1) is 0 Å². The van der Waals surface area contributed by atoms with E-state index in [-0.39, 0.29) is 17.6 Å². The number of Topliss-reactive ketones (excluding diaryl/α,β-unsaturated/α-hetero) is 1. The van der Waals surface area contributed by atoms with Gasteiger partial charge in [-0.05, 0) is 49.4 Å². The van der Waals surface area contributed by atoms with Gasteiger partial charge in [0.15, 0.2) is 23.4 Å². The molecule has 6 rings (SSSR count). The van der Waals surface area contributed by atoms with Crippen molar-refractivity contribution < 1.29 is 19.4 Å². The molecule has 1 N–H and O–H groups in total. The predicted octanol–water partition coefficient (Wildman–Crippen LogP) is 3.01. The van der Waals surface area contributed by atoms with Crippen molar-refractivity contribution >= 4 is 5.78 Å². The predicted molar refractivity (Wildman–Crippen MR) is 112 cm³/mol. The molecule has 1 saturated carbocycles. The van der Waals surface area contributed by atoms with E-state index in [1.165, 1.54) is 11.1 Å². The van der Waals surface area contributed by atoms with Gasteiger partial charge in [0.2, 0.25) is 0 Å². The van der Waals surface area contributed by atoms with Crippen LogP contribution in [0.2, 0.25) is 0 Å². The summed E-state index contributed by atoms with van der Waals surface area (Å²) in [7, 11) is 1.80. The average Bonchev–Trinajstić information content (AvgIpc) is 3.13. The molecule has 4 atom stereocenters. The third kappa shape index (κ3) is 2.12. The lowest BCUT2D eigenvalue weighted by Gasteiger charge is -2.64. The molecule has 156 valence electrons. The molecule has 2 aromatic rings. The molecule has 2 heterocycles. The van der Waals surface area contributed by atoms with Gasteiger partial charge >= 0.3 is 0 Å². The summed E-state index contributed by atoms with van der Waals surface area (Å²) in [5, 5.41) is 10.5. The Labute approximate surface area is 176 Å². The molecular weight excluding hydrogens is 378 g/mol. The van der Waals surface area contributed by atoms with Crippen LogP contribution in [0.1, 0.15) is 36.0 Å². The highest BCUT2D eigenvalue weighted by atomic mass is 16.5. The number of phenolic OH excluding ortho intramolecular Hbond substituents is 1. The van der Waals surface area contributed by atoms with Crippen LogP contribution < -0.4 is 4.74 Å². The fourth-order valence-electron chi connectivity index (χ4n) is 6.99. The second kappa shape index (κ2) is 6.32. The lowest BCUT2D eigenvalue weighted by atomic mass is 9.49. The molecule has 4 aliphatic rings. The SMILES string of the molecule is CO[C@@]12CCC(=O)[C@@H]3Oc4c(O)ccc5c4[C@@]31CCN(CCc1ccccc1)[C@@H]2C5. The van der Waals surface area contributed by atoms with E-state index < -0.39 is 17.1 Å². The van der Waals surface area contributed by atoms with Gasteiger partial charge in [0.05, 0.1) is 11.0 Å². The normalized spacial score (nSPS) is 33.8. The molecule has 2 fully saturated rings. The van der Waals surface area contributed by atoms with Gasteiger partial charge in [0.1, 0.15) is 0 Å². The summed E-state index contributed by atoms with van der Waals surface area (Å²) in [6.07, 6.45) is 3.30. The number of carbonyl (C=O) groups excluding carboxylic acids is 1. The first-order chi connectivity index (χ1) is 14.6. The van der Waals surface area contributed by atoms with Crippen molar-refractivity contribution in [2.24, 2.45) is 0 Å². The number of ether oxygens (including phenoxy) is 2. The number of aromatic hydroxyl groups is 1. The number of rotatable bonds is 4. The number of likely N-dealkylation sites (tertiary alicyclic amines) is 1. The van der Waals surface area contributed by atoms with Gasteiger partial charge in [-0.15, -0.1) is 0 Å². The number of carbonyl (C=O) groups is 1. The first kappa shape index (κ1) is 18.4. The summed E-state index contributed by atoms with van der Waals surface area (Å²) >= 11 is 0. The minimum absolute atomic E-state index is 0.139. The van der Waals surface area contributed by atoms with Crippen LogP contribution in [-0.2, 0) is 27.8 Å². The summed E-state index contributed by atoms with van der Waals surface area (Å²) in [5.74, 6) is 0.799. The molecule has 5 heteroatoms. The summed E-state index contributed by atoms with van der Waals surface area (Å²) in [4.78, 5) is 15.6. The largest absolute Gasteiger partial charge is 0.504 e. The molecule has 0 aromatic heterocycles. The molecule has 0 unspecified atom stereocenters. The Morgan fingerprint density at radius 3 is 2.83 bits per heavy atom. The Hall–Kier alpha value is -2.37. The van der Waals surface area contributed by atoms with Crippen LogP contribution in [0.4, 0.5) is 0 Å². The smallest absolute Gasteiger partial charge is 0.174 e. The molecule has 2 aliphatic carbocycles. The van der Waals surface area contributed by atoms with Crippen molar-refractivity contribution in [2.45, 2.75) is 55.3 Å². The van der Waals surface area contributed by atoms with Crippen molar-refractivity contribution in [3.05, 3.63) is 59.2 Å². The van der Waals surface area contributed by atoms with E-state index in [2.05, 4.69) is 35.2 Å². The Morgan fingerprint density at radius 2 is 2.03 bits per heavy atom. The van der Waals surface area contributed by atoms with Crippen molar-refractivity contribution in [1.29, 1.82) is 0 Å². The zero-order valence-corrected chi connectivity index (χ0v) is 17.3. The highest BCUT2D eigenvalue weighted by Gasteiger charge is 2.73. The Bertz CT molecular complexity index is 1020. The van der Waals surface area contributed by atoms with E-state index >= 15 is 0 Å². The standard InChI is InChI=1S/C25H27NO4/c1-29-25-11-9-19(28)23-24(25)12-14-26(13-10-16-5-3-2-4-6-16)20(25)15-17-7-8-18(27)22(30-23)21(17)24/h2-8,20,23,27H,9-15H2,1H3/t20-,23+,24+,25-/m1/s1. The first-order valence-corrected chi connectivity index (χ1v) is 11.0. The fraction of sp³-hybridized carbons (Fsp3) is 0.480. The van der Waals surface area contributed by atoms with Crippen molar-refractivity contribution in [1.82, 2.24) is 4.90 Å². The Balaban J connectivity index is 1.45. The summed E-state index contributed by atoms with van der Waals surface area (Å²) < 4.78 is 12.6. The van der Waals surface area contributed by atoms with Gasteiger partial charge in [0, 0.05) is 31.7 Å². The van der Waals surface area contributed by atoms with Crippen LogP contribution in [0.5, 0.6) is 11.5 Å². The number of hydrogen-bond donors (Lipinski definition) is 1. The van der Waals surface area contributed by atoms with Gasteiger partial charge in [-0.25, -0.2) is 0 Å². The average molecular weight is 405 g/mol. The minimum Gasteiger partial charge on any atom is -0.504 e. The maximum atomic E-state index is 13.0. The van der Waals surface area contributed by atoms with Crippen molar-refractivity contribution in [2.75, 3.05) is 20.2 Å².